The first-order valence-corrected chi connectivity index (χ1v) is 4.93. The van der Waals surface area contributed by atoms with Gasteiger partial charge in [0.25, 0.3) is 0 Å². The Kier molecular flexibility index (Phi) is 3.14. The van der Waals surface area contributed by atoms with E-state index in [1.54, 1.807) is 0 Å². The van der Waals surface area contributed by atoms with Gasteiger partial charge in [-0.3, -0.25) is 4.90 Å². The van der Waals surface area contributed by atoms with Gasteiger partial charge in [-0.1, -0.05) is 30.3 Å². The molecule has 1 aliphatic rings. The molecule has 3 heteroatoms. The first kappa shape index (κ1) is 9.65. The van der Waals surface area contributed by atoms with Crippen LogP contribution < -0.4 is 0 Å². The molecule has 0 bridgehead atoms. The van der Waals surface area contributed by atoms with Crippen LogP contribution in [-0.4, -0.2) is 36.3 Å². The molecule has 1 fully saturated rings. The highest BCUT2D eigenvalue weighted by molar-refractivity contribution is 5.16. The molecule has 0 aromatic heterocycles. The molecule has 0 unspecified atom stereocenters. The number of hydrogen-bond acceptors (Lipinski definition) is 3. The summed E-state index contributed by atoms with van der Waals surface area (Å²) in [6, 6.07) is 9.73. The maximum absolute atomic E-state index is 10.0. The molecule has 1 aromatic carbocycles. The molecule has 1 aromatic rings. The zero-order valence-electron chi connectivity index (χ0n) is 8.10. The minimum Gasteiger partial charge on any atom is -0.379 e. The molecule has 1 N–H and O–H groups in total. The van der Waals surface area contributed by atoms with E-state index in [2.05, 4.69) is 0 Å². The summed E-state index contributed by atoms with van der Waals surface area (Å²) in [7, 11) is 0. The zero-order chi connectivity index (χ0) is 9.80. The van der Waals surface area contributed by atoms with Crippen molar-refractivity contribution in [2.45, 2.75) is 6.23 Å². The second kappa shape index (κ2) is 4.55. The summed E-state index contributed by atoms with van der Waals surface area (Å²) in [5.41, 5.74) is 0.953. The van der Waals surface area contributed by atoms with Crippen molar-refractivity contribution >= 4 is 0 Å². The average molecular weight is 193 g/mol. The highest BCUT2D eigenvalue weighted by atomic mass is 16.5. The Balaban J connectivity index is 2.03. The van der Waals surface area contributed by atoms with Gasteiger partial charge in [0.15, 0.2) is 0 Å². The Hall–Kier alpha value is -0.900. The second-order valence-electron chi connectivity index (χ2n) is 3.43. The Bertz CT molecular complexity index is 270. The van der Waals surface area contributed by atoms with Crippen LogP contribution in [0.1, 0.15) is 11.8 Å². The molecule has 0 radical (unpaired) electrons. The third kappa shape index (κ3) is 2.12. The van der Waals surface area contributed by atoms with Gasteiger partial charge in [-0.05, 0) is 5.56 Å². The van der Waals surface area contributed by atoms with Crippen molar-refractivity contribution in [3.05, 3.63) is 35.9 Å². The second-order valence-corrected chi connectivity index (χ2v) is 3.43. The fraction of sp³-hybridized carbons (Fsp3) is 0.455. The molecular formula is C11H15NO2. The zero-order valence-corrected chi connectivity index (χ0v) is 8.10. The lowest BCUT2D eigenvalue weighted by molar-refractivity contribution is -0.0603. The standard InChI is InChI=1S/C11H15NO2/c13-11(10-4-2-1-3-5-10)12-6-8-14-9-7-12/h1-5,11,13H,6-9H2/t11-/m0/s1. The molecule has 14 heavy (non-hydrogen) atoms. The molecule has 1 atom stereocenters. The number of morpholine rings is 1. The summed E-state index contributed by atoms with van der Waals surface area (Å²) in [6.45, 7) is 3.03. The number of aliphatic hydroxyl groups excluding tert-OH is 1. The Labute approximate surface area is 83.9 Å². The molecule has 0 amide bonds. The Morgan fingerprint density at radius 2 is 1.79 bits per heavy atom. The summed E-state index contributed by atoms with van der Waals surface area (Å²) in [6.07, 6.45) is -0.486. The van der Waals surface area contributed by atoms with Gasteiger partial charge in [0.2, 0.25) is 0 Å². The van der Waals surface area contributed by atoms with Gasteiger partial charge >= 0.3 is 0 Å². The molecule has 0 saturated carbocycles. The fourth-order valence-electron chi connectivity index (χ4n) is 1.66. The molecule has 0 spiro atoms. The van der Waals surface area contributed by atoms with E-state index in [1.165, 1.54) is 0 Å². The van der Waals surface area contributed by atoms with E-state index in [1.807, 2.05) is 35.2 Å². The van der Waals surface area contributed by atoms with E-state index in [0.29, 0.717) is 13.2 Å². The Morgan fingerprint density at radius 1 is 1.14 bits per heavy atom. The minimum atomic E-state index is -0.486. The fourth-order valence-corrected chi connectivity index (χ4v) is 1.66. The number of ether oxygens (including phenoxy) is 1. The predicted octanol–water partition coefficient (Wildman–Crippen LogP) is 1.01. The summed E-state index contributed by atoms with van der Waals surface area (Å²) >= 11 is 0. The van der Waals surface area contributed by atoms with E-state index >= 15 is 0 Å². The van der Waals surface area contributed by atoms with Gasteiger partial charge < -0.3 is 9.84 Å². The van der Waals surface area contributed by atoms with Crippen molar-refractivity contribution in [2.75, 3.05) is 26.3 Å². The third-order valence-corrected chi connectivity index (χ3v) is 2.49. The molecule has 1 heterocycles. The molecule has 3 nitrogen and oxygen atoms in total. The molecule has 1 saturated heterocycles. The van der Waals surface area contributed by atoms with Crippen LogP contribution in [-0.2, 0) is 4.74 Å². The van der Waals surface area contributed by atoms with Crippen LogP contribution in [0.3, 0.4) is 0 Å². The van der Waals surface area contributed by atoms with Crippen molar-refractivity contribution in [1.29, 1.82) is 0 Å². The van der Waals surface area contributed by atoms with Gasteiger partial charge in [-0.15, -0.1) is 0 Å². The molecule has 2 rings (SSSR count). The predicted molar refractivity (Wildman–Crippen MR) is 53.8 cm³/mol. The van der Waals surface area contributed by atoms with Crippen LogP contribution in [0.25, 0.3) is 0 Å². The van der Waals surface area contributed by atoms with Crippen LogP contribution in [0.5, 0.6) is 0 Å². The van der Waals surface area contributed by atoms with Gasteiger partial charge in [0.1, 0.15) is 6.23 Å². The van der Waals surface area contributed by atoms with E-state index in [9.17, 15) is 5.11 Å². The summed E-state index contributed by atoms with van der Waals surface area (Å²) in [4.78, 5) is 2.03. The maximum Gasteiger partial charge on any atom is 0.133 e. The summed E-state index contributed by atoms with van der Waals surface area (Å²) in [5.74, 6) is 0. The van der Waals surface area contributed by atoms with Crippen molar-refractivity contribution in [1.82, 2.24) is 4.90 Å². The molecule has 76 valence electrons. The number of benzene rings is 1. The van der Waals surface area contributed by atoms with Crippen molar-refractivity contribution in [3.8, 4) is 0 Å². The number of hydrogen-bond donors (Lipinski definition) is 1. The normalized spacial score (nSPS) is 20.6. The SMILES string of the molecule is O[C@@H](c1ccccc1)N1CCOCC1. The van der Waals surface area contributed by atoms with E-state index < -0.39 is 6.23 Å². The first-order valence-electron chi connectivity index (χ1n) is 4.93. The number of rotatable bonds is 2. The third-order valence-electron chi connectivity index (χ3n) is 2.49. The lowest BCUT2D eigenvalue weighted by atomic mass is 10.2. The number of aliphatic hydroxyl groups is 1. The van der Waals surface area contributed by atoms with Crippen molar-refractivity contribution < 1.29 is 9.84 Å². The molecule has 1 aliphatic heterocycles. The maximum atomic E-state index is 10.0. The summed E-state index contributed by atoms with van der Waals surface area (Å²) in [5, 5.41) is 10.0. The monoisotopic (exact) mass is 193 g/mol. The van der Waals surface area contributed by atoms with Crippen LogP contribution >= 0.6 is 0 Å². The van der Waals surface area contributed by atoms with Crippen LogP contribution in [0.2, 0.25) is 0 Å². The lowest BCUT2D eigenvalue weighted by Gasteiger charge is -2.31. The van der Waals surface area contributed by atoms with Crippen LogP contribution in [0.15, 0.2) is 30.3 Å². The first-order chi connectivity index (χ1) is 6.88. The van der Waals surface area contributed by atoms with E-state index in [0.717, 1.165) is 18.7 Å². The average Bonchev–Trinajstić information content (AvgIpc) is 2.30. The van der Waals surface area contributed by atoms with E-state index in [4.69, 9.17) is 4.74 Å². The van der Waals surface area contributed by atoms with Crippen LogP contribution in [0.4, 0.5) is 0 Å². The summed E-state index contributed by atoms with van der Waals surface area (Å²) < 4.78 is 5.23. The van der Waals surface area contributed by atoms with Crippen LogP contribution in [0, 0.1) is 0 Å². The molecular weight excluding hydrogens is 178 g/mol. The Morgan fingerprint density at radius 3 is 2.43 bits per heavy atom. The van der Waals surface area contributed by atoms with Gasteiger partial charge in [-0.25, -0.2) is 0 Å². The van der Waals surface area contributed by atoms with Gasteiger partial charge in [0, 0.05) is 13.1 Å². The quantitative estimate of drug-likeness (QED) is 0.761. The topological polar surface area (TPSA) is 32.7 Å². The number of nitrogens with zero attached hydrogens (tertiary/aromatic N) is 1. The molecule has 0 aliphatic carbocycles. The largest absolute Gasteiger partial charge is 0.379 e. The van der Waals surface area contributed by atoms with Crippen molar-refractivity contribution in [3.63, 3.8) is 0 Å². The van der Waals surface area contributed by atoms with Gasteiger partial charge in [0.05, 0.1) is 13.2 Å². The minimum absolute atomic E-state index is 0.486. The lowest BCUT2D eigenvalue weighted by Crippen LogP contribution is -2.38. The van der Waals surface area contributed by atoms with Crippen molar-refractivity contribution in [2.24, 2.45) is 0 Å². The highest BCUT2D eigenvalue weighted by Gasteiger charge is 2.19. The van der Waals surface area contributed by atoms with Gasteiger partial charge in [-0.2, -0.15) is 0 Å². The van der Waals surface area contributed by atoms with E-state index in [-0.39, 0.29) is 0 Å². The highest BCUT2D eigenvalue weighted by Crippen LogP contribution is 2.17. The smallest absolute Gasteiger partial charge is 0.133 e.